The Labute approximate surface area is 178 Å². The number of benzene rings is 1. The van der Waals surface area contributed by atoms with E-state index in [1.807, 2.05) is 51.1 Å². The predicted octanol–water partition coefficient (Wildman–Crippen LogP) is 3.12. The first kappa shape index (κ1) is 20.8. The highest BCUT2D eigenvalue weighted by atomic mass is 16.2. The first-order valence-corrected chi connectivity index (χ1v) is 11.0. The van der Waals surface area contributed by atoms with E-state index < -0.39 is 0 Å². The number of carbonyl (C=O) groups is 2. The van der Waals surface area contributed by atoms with Crippen LogP contribution >= 0.6 is 0 Å². The van der Waals surface area contributed by atoms with Gasteiger partial charge >= 0.3 is 0 Å². The molecule has 2 saturated heterocycles. The molecule has 6 nitrogen and oxygen atoms in total. The lowest BCUT2D eigenvalue weighted by atomic mass is 9.90. The number of aromatic nitrogens is 1. The van der Waals surface area contributed by atoms with Gasteiger partial charge in [0.1, 0.15) is 0 Å². The topological polar surface area (TPSA) is 74.3 Å². The lowest BCUT2D eigenvalue weighted by Gasteiger charge is -2.39. The number of piperidine rings is 1. The third kappa shape index (κ3) is 4.81. The predicted molar refractivity (Wildman–Crippen MR) is 118 cm³/mol. The van der Waals surface area contributed by atoms with Gasteiger partial charge in [-0.2, -0.15) is 0 Å². The molecule has 0 saturated carbocycles. The van der Waals surface area contributed by atoms with E-state index in [-0.39, 0.29) is 17.4 Å². The fraction of sp³-hybridized carbons (Fsp3) is 0.542. The Bertz CT molecular complexity index is 922. The minimum absolute atomic E-state index is 0.0624. The maximum absolute atomic E-state index is 12.6. The minimum atomic E-state index is -0.198. The van der Waals surface area contributed by atoms with Gasteiger partial charge in [-0.25, -0.2) is 0 Å². The van der Waals surface area contributed by atoms with E-state index in [0.717, 1.165) is 36.6 Å². The molecule has 1 aromatic heterocycles. The number of fused-ring (bicyclic) bond motifs is 3. The Morgan fingerprint density at radius 3 is 2.53 bits per heavy atom. The molecule has 0 aliphatic carbocycles. The zero-order chi connectivity index (χ0) is 21.3. The van der Waals surface area contributed by atoms with E-state index in [2.05, 4.69) is 20.5 Å². The highest BCUT2D eigenvalue weighted by Crippen LogP contribution is 2.38. The molecular formula is C24H32N4O2. The zero-order valence-electron chi connectivity index (χ0n) is 18.1. The van der Waals surface area contributed by atoms with Gasteiger partial charge in [-0.3, -0.25) is 19.5 Å². The van der Waals surface area contributed by atoms with Crippen molar-refractivity contribution in [3.8, 4) is 0 Å². The van der Waals surface area contributed by atoms with Gasteiger partial charge in [0.05, 0.1) is 17.6 Å². The van der Waals surface area contributed by atoms with Crippen molar-refractivity contribution in [1.29, 1.82) is 0 Å². The van der Waals surface area contributed by atoms with Gasteiger partial charge in [-0.05, 0) is 64.5 Å². The normalized spacial score (nSPS) is 24.0. The molecule has 30 heavy (non-hydrogen) atoms. The maximum Gasteiger partial charge on any atom is 0.252 e. The second-order valence-corrected chi connectivity index (χ2v) is 9.82. The first-order valence-electron chi connectivity index (χ1n) is 11.0. The third-order valence-electron chi connectivity index (χ3n) is 6.23. The molecule has 3 heterocycles. The van der Waals surface area contributed by atoms with Gasteiger partial charge < -0.3 is 10.6 Å². The van der Waals surface area contributed by atoms with Gasteiger partial charge in [0, 0.05) is 35.8 Å². The number of rotatable bonds is 5. The quantitative estimate of drug-likeness (QED) is 0.797. The highest BCUT2D eigenvalue weighted by Gasteiger charge is 2.41. The fourth-order valence-electron chi connectivity index (χ4n) is 4.97. The van der Waals surface area contributed by atoms with Crippen LogP contribution in [-0.4, -0.2) is 52.4 Å². The molecule has 2 amide bonds. The molecule has 2 aliphatic rings. The van der Waals surface area contributed by atoms with Crippen LogP contribution in [0.1, 0.15) is 56.8 Å². The second kappa shape index (κ2) is 8.34. The minimum Gasteiger partial charge on any atom is -0.352 e. The zero-order valence-corrected chi connectivity index (χ0v) is 18.1. The summed E-state index contributed by atoms with van der Waals surface area (Å²) in [6.45, 7) is 7.20. The Morgan fingerprint density at radius 2 is 1.83 bits per heavy atom. The van der Waals surface area contributed by atoms with Crippen molar-refractivity contribution >= 4 is 22.7 Å². The number of amides is 2. The third-order valence-corrected chi connectivity index (χ3v) is 6.23. The molecule has 2 N–H and O–H groups in total. The van der Waals surface area contributed by atoms with Gasteiger partial charge in [-0.15, -0.1) is 0 Å². The van der Waals surface area contributed by atoms with E-state index in [4.69, 9.17) is 0 Å². The summed E-state index contributed by atoms with van der Waals surface area (Å²) < 4.78 is 0. The number of hydrogen-bond donors (Lipinski definition) is 2. The molecule has 1 aromatic carbocycles. The molecule has 0 radical (unpaired) electrons. The van der Waals surface area contributed by atoms with Crippen molar-refractivity contribution in [3.63, 3.8) is 0 Å². The molecule has 4 rings (SSSR count). The molecule has 0 spiro atoms. The summed E-state index contributed by atoms with van der Waals surface area (Å²) in [5.41, 5.74) is 1.30. The van der Waals surface area contributed by atoms with Crippen molar-refractivity contribution in [1.82, 2.24) is 20.5 Å². The molecule has 0 unspecified atom stereocenters. The SMILES string of the molecule is CC(C)(C)NC(=O)CN1[C@@H]2CC[C@H]1C[C@H](CNC(=O)c1cnc3ccccc3c1)C2. The Morgan fingerprint density at radius 1 is 1.13 bits per heavy atom. The van der Waals surface area contributed by atoms with E-state index in [1.54, 1.807) is 6.20 Å². The van der Waals surface area contributed by atoms with Crippen LogP contribution in [0.3, 0.4) is 0 Å². The lowest BCUT2D eigenvalue weighted by Crippen LogP contribution is -2.52. The van der Waals surface area contributed by atoms with Gasteiger partial charge in [0.2, 0.25) is 5.91 Å². The van der Waals surface area contributed by atoms with Crippen molar-refractivity contribution < 1.29 is 9.59 Å². The monoisotopic (exact) mass is 408 g/mol. The van der Waals surface area contributed by atoms with Crippen LogP contribution in [0.15, 0.2) is 36.5 Å². The van der Waals surface area contributed by atoms with E-state index >= 15 is 0 Å². The first-order chi connectivity index (χ1) is 14.3. The maximum atomic E-state index is 12.6. The number of carbonyl (C=O) groups excluding carboxylic acids is 2. The molecule has 2 bridgehead atoms. The number of para-hydroxylation sites is 1. The highest BCUT2D eigenvalue weighted by molar-refractivity contribution is 5.97. The van der Waals surface area contributed by atoms with Crippen LogP contribution in [0.2, 0.25) is 0 Å². The largest absolute Gasteiger partial charge is 0.352 e. The van der Waals surface area contributed by atoms with Crippen LogP contribution in [-0.2, 0) is 4.79 Å². The fourth-order valence-corrected chi connectivity index (χ4v) is 4.97. The van der Waals surface area contributed by atoms with Crippen molar-refractivity contribution in [2.24, 2.45) is 5.92 Å². The van der Waals surface area contributed by atoms with Crippen LogP contribution < -0.4 is 10.6 Å². The summed E-state index contributed by atoms with van der Waals surface area (Å²) in [6.07, 6.45) is 6.02. The molecule has 3 atom stereocenters. The molecular weight excluding hydrogens is 376 g/mol. The standard InChI is InChI=1S/C24H32N4O2/c1-24(2,3)27-22(29)15-28-19-8-9-20(28)11-16(10-19)13-26-23(30)18-12-17-6-4-5-7-21(17)25-14-18/h4-7,12,14,16,19-20H,8-11,13,15H2,1-3H3,(H,26,30)(H,27,29)/t16-,19-,20+. The van der Waals surface area contributed by atoms with Crippen molar-refractivity contribution in [2.75, 3.05) is 13.1 Å². The number of pyridine rings is 1. The molecule has 2 aromatic rings. The second-order valence-electron chi connectivity index (χ2n) is 9.82. The van der Waals surface area contributed by atoms with Crippen LogP contribution in [0.5, 0.6) is 0 Å². The summed E-state index contributed by atoms with van der Waals surface area (Å²) >= 11 is 0. The smallest absolute Gasteiger partial charge is 0.252 e. The average Bonchev–Trinajstić information content (AvgIpc) is 2.92. The summed E-state index contributed by atoms with van der Waals surface area (Å²) in [7, 11) is 0. The summed E-state index contributed by atoms with van der Waals surface area (Å²) in [5, 5.41) is 7.16. The van der Waals surface area contributed by atoms with Crippen molar-refractivity contribution in [3.05, 3.63) is 42.1 Å². The lowest BCUT2D eigenvalue weighted by molar-refractivity contribution is -0.125. The molecule has 2 aliphatic heterocycles. The van der Waals surface area contributed by atoms with Crippen LogP contribution in [0.4, 0.5) is 0 Å². The van der Waals surface area contributed by atoms with E-state index in [1.165, 1.54) is 0 Å². The van der Waals surface area contributed by atoms with Gasteiger partial charge in [-0.1, -0.05) is 18.2 Å². The molecule has 2 fully saturated rings. The van der Waals surface area contributed by atoms with E-state index in [9.17, 15) is 9.59 Å². The summed E-state index contributed by atoms with van der Waals surface area (Å²) in [6, 6.07) is 10.6. The van der Waals surface area contributed by atoms with Gasteiger partial charge in [0.25, 0.3) is 5.91 Å². The van der Waals surface area contributed by atoms with Crippen LogP contribution in [0.25, 0.3) is 10.9 Å². The Kier molecular flexibility index (Phi) is 5.78. The Hall–Kier alpha value is -2.47. The Balaban J connectivity index is 1.30. The van der Waals surface area contributed by atoms with Crippen LogP contribution in [0, 0.1) is 5.92 Å². The molecule has 6 heteroatoms. The number of nitrogens with zero attached hydrogens (tertiary/aromatic N) is 2. The van der Waals surface area contributed by atoms with Crippen molar-refractivity contribution in [2.45, 2.75) is 64.1 Å². The average molecular weight is 409 g/mol. The summed E-state index contributed by atoms with van der Waals surface area (Å²) in [4.78, 5) is 31.8. The summed E-state index contributed by atoms with van der Waals surface area (Å²) in [5.74, 6) is 0.504. The number of hydrogen-bond acceptors (Lipinski definition) is 4. The number of nitrogens with one attached hydrogen (secondary N) is 2. The molecule has 160 valence electrons. The van der Waals surface area contributed by atoms with E-state index in [0.29, 0.717) is 36.7 Å². The van der Waals surface area contributed by atoms with Gasteiger partial charge in [0.15, 0.2) is 0 Å².